The summed E-state index contributed by atoms with van der Waals surface area (Å²) >= 11 is 0. The van der Waals surface area contributed by atoms with Crippen molar-refractivity contribution in [3.05, 3.63) is 0 Å². The number of nitrogens with zero attached hydrogens (tertiary/aromatic N) is 1. The molecule has 3 aliphatic rings. The molecule has 2 aliphatic carbocycles. The number of hydrogen-bond acceptors (Lipinski definition) is 2. The van der Waals surface area contributed by atoms with Gasteiger partial charge in [0.05, 0.1) is 5.41 Å². The van der Waals surface area contributed by atoms with Crippen molar-refractivity contribution in [3.63, 3.8) is 0 Å². The molecule has 3 nitrogen and oxygen atoms in total. The van der Waals surface area contributed by atoms with Crippen molar-refractivity contribution in [2.24, 2.45) is 22.2 Å². The molecule has 2 amide bonds. The van der Waals surface area contributed by atoms with Crippen LogP contribution in [0.5, 0.6) is 0 Å². The van der Waals surface area contributed by atoms with Crippen molar-refractivity contribution in [1.82, 2.24) is 4.90 Å². The van der Waals surface area contributed by atoms with E-state index in [-0.39, 0.29) is 28.1 Å². The molecule has 1 spiro atoms. The first-order chi connectivity index (χ1) is 7.76. The first-order valence-corrected chi connectivity index (χ1v) is 6.57. The average Bonchev–Trinajstić information content (AvgIpc) is 2.67. The van der Waals surface area contributed by atoms with Gasteiger partial charge in [-0.3, -0.25) is 14.5 Å². The van der Waals surface area contributed by atoms with Crippen molar-refractivity contribution >= 4 is 11.8 Å². The van der Waals surface area contributed by atoms with Crippen LogP contribution in [0.2, 0.25) is 0 Å². The number of hydrogen-bond donors (Lipinski definition) is 0. The predicted octanol–water partition coefficient (Wildman–Crippen LogP) is 2.21. The Balaban J connectivity index is 2.14. The molecule has 1 aliphatic heterocycles. The number of fused-ring (bicyclic) bond motifs is 3. The fourth-order valence-electron chi connectivity index (χ4n) is 4.93. The van der Waals surface area contributed by atoms with Gasteiger partial charge in [0.25, 0.3) is 0 Å². The van der Waals surface area contributed by atoms with Crippen LogP contribution in [0.15, 0.2) is 0 Å². The highest BCUT2D eigenvalue weighted by Gasteiger charge is 2.74. The molecule has 2 bridgehead atoms. The highest BCUT2D eigenvalue weighted by atomic mass is 16.2. The molecule has 94 valence electrons. The monoisotopic (exact) mass is 235 g/mol. The van der Waals surface area contributed by atoms with Crippen LogP contribution in [-0.4, -0.2) is 23.8 Å². The van der Waals surface area contributed by atoms with E-state index in [1.165, 1.54) is 11.3 Å². The minimum Gasteiger partial charge on any atom is -0.285 e. The van der Waals surface area contributed by atoms with E-state index in [1.807, 2.05) is 0 Å². The standard InChI is InChI=1S/C14H21NO2/c1-12(2)9-5-6-13(12,3)14(7-9)8-10(16)15(4)11(14)17/h9H,5-8H2,1-4H3/t9-,13+,14-/m1/s1. The lowest BCUT2D eigenvalue weighted by Crippen LogP contribution is -2.46. The zero-order valence-corrected chi connectivity index (χ0v) is 11.2. The second-order valence-electron chi connectivity index (χ2n) is 7.01. The lowest BCUT2D eigenvalue weighted by molar-refractivity contribution is -0.144. The van der Waals surface area contributed by atoms with E-state index in [4.69, 9.17) is 0 Å². The predicted molar refractivity (Wildman–Crippen MR) is 64.1 cm³/mol. The zero-order valence-electron chi connectivity index (χ0n) is 11.2. The summed E-state index contributed by atoms with van der Waals surface area (Å²) in [6, 6.07) is 0. The summed E-state index contributed by atoms with van der Waals surface area (Å²) in [5.74, 6) is 0.704. The summed E-state index contributed by atoms with van der Waals surface area (Å²) < 4.78 is 0. The molecular weight excluding hydrogens is 214 g/mol. The van der Waals surface area contributed by atoms with Crippen LogP contribution in [0.4, 0.5) is 0 Å². The average molecular weight is 235 g/mol. The fraction of sp³-hybridized carbons (Fsp3) is 0.857. The Hall–Kier alpha value is -0.860. The maximum Gasteiger partial charge on any atom is 0.236 e. The molecule has 3 rings (SSSR count). The third kappa shape index (κ3) is 0.926. The SMILES string of the molecule is CN1C(=O)C[C@]2(C[C@H]3CC[C@@]2(C)C3(C)C)C1=O. The van der Waals surface area contributed by atoms with Gasteiger partial charge in [-0.1, -0.05) is 20.8 Å². The van der Waals surface area contributed by atoms with E-state index in [0.717, 1.165) is 12.8 Å². The molecule has 0 aromatic carbocycles. The molecule has 3 heteroatoms. The van der Waals surface area contributed by atoms with E-state index in [2.05, 4.69) is 20.8 Å². The quantitative estimate of drug-likeness (QED) is 0.604. The highest BCUT2D eigenvalue weighted by Crippen LogP contribution is 2.75. The Morgan fingerprint density at radius 3 is 2.24 bits per heavy atom. The summed E-state index contributed by atoms with van der Waals surface area (Å²) in [5.41, 5.74) is -0.193. The fourth-order valence-corrected chi connectivity index (χ4v) is 4.93. The van der Waals surface area contributed by atoms with E-state index >= 15 is 0 Å². The van der Waals surface area contributed by atoms with Crippen molar-refractivity contribution < 1.29 is 9.59 Å². The summed E-state index contributed by atoms with van der Waals surface area (Å²) in [6.07, 6.45) is 3.68. The van der Waals surface area contributed by atoms with Gasteiger partial charge in [0, 0.05) is 13.5 Å². The van der Waals surface area contributed by atoms with E-state index in [9.17, 15) is 9.59 Å². The summed E-state index contributed by atoms with van der Waals surface area (Å²) in [6.45, 7) is 6.81. The van der Waals surface area contributed by atoms with Crippen LogP contribution in [0, 0.1) is 22.2 Å². The van der Waals surface area contributed by atoms with Gasteiger partial charge in [0.15, 0.2) is 0 Å². The Bertz CT molecular complexity index is 428. The molecule has 2 saturated carbocycles. The van der Waals surface area contributed by atoms with Gasteiger partial charge in [0.2, 0.25) is 11.8 Å². The highest BCUT2D eigenvalue weighted by molar-refractivity contribution is 6.06. The van der Waals surface area contributed by atoms with E-state index in [0.29, 0.717) is 12.3 Å². The van der Waals surface area contributed by atoms with Crippen molar-refractivity contribution in [2.45, 2.75) is 46.5 Å². The van der Waals surface area contributed by atoms with Gasteiger partial charge in [-0.15, -0.1) is 0 Å². The first-order valence-electron chi connectivity index (χ1n) is 6.57. The largest absolute Gasteiger partial charge is 0.285 e. The normalized spacial score (nSPS) is 47.5. The molecule has 17 heavy (non-hydrogen) atoms. The lowest BCUT2D eigenvalue weighted by Gasteiger charge is -2.44. The Morgan fingerprint density at radius 2 is 1.88 bits per heavy atom. The summed E-state index contributed by atoms with van der Waals surface area (Å²) in [5, 5.41) is 0. The Labute approximate surface area is 103 Å². The zero-order chi connectivity index (χ0) is 12.6. The van der Waals surface area contributed by atoms with Gasteiger partial charge in [0.1, 0.15) is 0 Å². The molecule has 1 heterocycles. The molecule has 3 fully saturated rings. The molecule has 0 N–H and O–H groups in total. The summed E-state index contributed by atoms with van der Waals surface area (Å²) in [4.78, 5) is 25.8. The van der Waals surface area contributed by atoms with Crippen LogP contribution in [0.3, 0.4) is 0 Å². The first kappa shape index (κ1) is 11.2. The second-order valence-corrected chi connectivity index (χ2v) is 7.01. The second kappa shape index (κ2) is 2.76. The summed E-state index contributed by atoms with van der Waals surface area (Å²) in [7, 11) is 1.64. The number of carbonyl (C=O) groups excluding carboxylic acids is 2. The minimum atomic E-state index is -0.384. The van der Waals surface area contributed by atoms with Gasteiger partial charge in [-0.2, -0.15) is 0 Å². The van der Waals surface area contributed by atoms with Crippen LogP contribution in [-0.2, 0) is 9.59 Å². The van der Waals surface area contributed by atoms with Crippen LogP contribution < -0.4 is 0 Å². The molecule has 1 saturated heterocycles. The number of carbonyl (C=O) groups is 2. The lowest BCUT2D eigenvalue weighted by atomic mass is 9.57. The van der Waals surface area contributed by atoms with Gasteiger partial charge < -0.3 is 0 Å². The molecular formula is C14H21NO2. The molecule has 0 aromatic rings. The van der Waals surface area contributed by atoms with Crippen molar-refractivity contribution in [1.29, 1.82) is 0 Å². The topological polar surface area (TPSA) is 37.4 Å². The maximum absolute atomic E-state index is 12.5. The van der Waals surface area contributed by atoms with E-state index in [1.54, 1.807) is 7.05 Å². The van der Waals surface area contributed by atoms with Gasteiger partial charge in [-0.25, -0.2) is 0 Å². The number of imide groups is 1. The van der Waals surface area contributed by atoms with E-state index < -0.39 is 0 Å². The van der Waals surface area contributed by atoms with Gasteiger partial charge >= 0.3 is 0 Å². The molecule has 0 unspecified atom stereocenters. The van der Waals surface area contributed by atoms with Crippen molar-refractivity contribution in [3.8, 4) is 0 Å². The van der Waals surface area contributed by atoms with Crippen LogP contribution >= 0.6 is 0 Å². The number of rotatable bonds is 0. The number of likely N-dealkylation sites (tertiary alicyclic amines) is 1. The number of amides is 2. The molecule has 3 atom stereocenters. The molecule has 0 aromatic heterocycles. The third-order valence-electron chi connectivity index (χ3n) is 6.63. The Kier molecular flexibility index (Phi) is 1.82. The van der Waals surface area contributed by atoms with Crippen molar-refractivity contribution in [2.75, 3.05) is 7.05 Å². The van der Waals surface area contributed by atoms with Crippen LogP contribution in [0.1, 0.15) is 46.5 Å². The maximum atomic E-state index is 12.5. The molecule has 0 radical (unpaired) electrons. The Morgan fingerprint density at radius 1 is 1.24 bits per heavy atom. The smallest absolute Gasteiger partial charge is 0.236 e. The van der Waals surface area contributed by atoms with Crippen LogP contribution in [0.25, 0.3) is 0 Å². The third-order valence-corrected chi connectivity index (χ3v) is 6.63. The minimum absolute atomic E-state index is 0.00215. The van der Waals surface area contributed by atoms with Gasteiger partial charge in [-0.05, 0) is 36.0 Å².